The predicted molar refractivity (Wildman–Crippen MR) is 145 cm³/mol. The van der Waals surface area contributed by atoms with Gasteiger partial charge in [0.05, 0.1) is 40.8 Å². The standard InChI is InChI=1S/C28H33FN8O3/c1-26(2,39)21(29)13-33-25(38)19-12-32-22(37-24-18(11-34-37)4-17(10-30)23(31)35-24)5-20(19)36-27-6-15-3-16(7-27)9-28(40,8-15)14-27/h4-5,11-12,15-16,21,39-40H,3,6-9,13-14H2,1-2H3,(H2,31,35)(H,32,36)(H,33,38). The van der Waals surface area contributed by atoms with Crippen LogP contribution in [0.25, 0.3) is 16.9 Å². The molecule has 12 heteroatoms. The molecule has 3 aromatic rings. The summed E-state index contributed by atoms with van der Waals surface area (Å²) < 4.78 is 15.9. The average molecular weight is 549 g/mol. The maximum absolute atomic E-state index is 14.4. The van der Waals surface area contributed by atoms with Gasteiger partial charge < -0.3 is 26.6 Å². The Morgan fingerprint density at radius 2 is 2.02 bits per heavy atom. The first kappa shape index (κ1) is 26.4. The van der Waals surface area contributed by atoms with Crippen LogP contribution in [0.2, 0.25) is 0 Å². The third-order valence-electron chi connectivity index (χ3n) is 8.68. The number of anilines is 2. The van der Waals surface area contributed by atoms with Crippen LogP contribution in [0.5, 0.6) is 0 Å². The van der Waals surface area contributed by atoms with E-state index in [9.17, 15) is 24.7 Å². The quantitative estimate of drug-likeness (QED) is 0.297. The zero-order valence-corrected chi connectivity index (χ0v) is 22.5. The smallest absolute Gasteiger partial charge is 0.255 e. The first-order valence-corrected chi connectivity index (χ1v) is 13.6. The van der Waals surface area contributed by atoms with Gasteiger partial charge in [0, 0.05) is 23.2 Å². The molecule has 4 aliphatic rings. The van der Waals surface area contributed by atoms with Crippen LogP contribution in [-0.2, 0) is 0 Å². The third-order valence-corrected chi connectivity index (χ3v) is 8.68. The number of pyridine rings is 2. The number of carbonyl (C=O) groups excluding carboxylic acids is 1. The van der Waals surface area contributed by atoms with Gasteiger partial charge in [-0.25, -0.2) is 14.4 Å². The number of hydrogen-bond donors (Lipinski definition) is 5. The normalized spacial score (nSPS) is 27.9. The van der Waals surface area contributed by atoms with Crippen LogP contribution in [0.3, 0.4) is 0 Å². The van der Waals surface area contributed by atoms with Crippen molar-refractivity contribution in [1.82, 2.24) is 25.1 Å². The Hall–Kier alpha value is -3.82. The van der Waals surface area contributed by atoms with Gasteiger partial charge in [-0.2, -0.15) is 15.0 Å². The zero-order chi connectivity index (χ0) is 28.4. The molecule has 11 nitrogen and oxygen atoms in total. The van der Waals surface area contributed by atoms with E-state index in [1.54, 1.807) is 18.3 Å². The van der Waals surface area contributed by atoms with Crippen molar-refractivity contribution in [3.63, 3.8) is 0 Å². The molecule has 1 amide bonds. The summed E-state index contributed by atoms with van der Waals surface area (Å²) in [5.41, 5.74) is 4.59. The van der Waals surface area contributed by atoms with Gasteiger partial charge in [0.25, 0.3) is 5.91 Å². The number of nitriles is 1. The maximum atomic E-state index is 14.4. The molecule has 3 atom stereocenters. The number of nitrogens with one attached hydrogen (secondary N) is 2. The number of carbonyl (C=O) groups is 1. The highest BCUT2D eigenvalue weighted by molar-refractivity contribution is 5.99. The van der Waals surface area contributed by atoms with Gasteiger partial charge in [-0.05, 0) is 70.3 Å². The fourth-order valence-electron chi connectivity index (χ4n) is 7.25. The van der Waals surface area contributed by atoms with Crippen molar-refractivity contribution in [2.75, 3.05) is 17.6 Å². The molecule has 0 radical (unpaired) electrons. The second-order valence-corrected chi connectivity index (χ2v) is 12.5. The lowest BCUT2D eigenvalue weighted by Gasteiger charge is -2.60. The molecule has 4 aliphatic carbocycles. The summed E-state index contributed by atoms with van der Waals surface area (Å²) in [4.78, 5) is 22.1. The highest BCUT2D eigenvalue weighted by Crippen LogP contribution is 2.58. The van der Waals surface area contributed by atoms with E-state index in [1.807, 2.05) is 6.07 Å². The SMILES string of the molecule is CC(C)(O)C(F)CNC(=O)c1cnc(-n2ncc3cc(C#N)c(N)nc32)cc1NC12CC3CC(CC(O)(C3)C1)C2. The van der Waals surface area contributed by atoms with Crippen molar-refractivity contribution in [2.24, 2.45) is 11.8 Å². The van der Waals surface area contributed by atoms with Crippen molar-refractivity contribution in [3.05, 3.63) is 35.7 Å². The van der Waals surface area contributed by atoms with Crippen molar-refractivity contribution >= 4 is 28.4 Å². The van der Waals surface area contributed by atoms with Gasteiger partial charge in [0.15, 0.2) is 11.5 Å². The van der Waals surface area contributed by atoms with E-state index in [0.29, 0.717) is 40.8 Å². The molecular weight excluding hydrogens is 515 g/mol. The summed E-state index contributed by atoms with van der Waals surface area (Å²) in [6, 6.07) is 5.32. The molecule has 4 saturated carbocycles. The molecule has 40 heavy (non-hydrogen) atoms. The van der Waals surface area contributed by atoms with Crippen LogP contribution in [0, 0.1) is 23.2 Å². The number of nitrogen functional groups attached to an aromatic ring is 1. The molecule has 4 bridgehead atoms. The van der Waals surface area contributed by atoms with E-state index in [2.05, 4.69) is 25.7 Å². The summed E-state index contributed by atoms with van der Waals surface area (Å²) in [5.74, 6) is 0.721. The number of hydrogen-bond acceptors (Lipinski definition) is 9. The van der Waals surface area contributed by atoms with E-state index in [1.165, 1.54) is 24.7 Å². The van der Waals surface area contributed by atoms with Crippen LogP contribution in [0.4, 0.5) is 15.9 Å². The number of nitrogens with zero attached hydrogens (tertiary/aromatic N) is 5. The van der Waals surface area contributed by atoms with Crippen molar-refractivity contribution in [1.29, 1.82) is 5.26 Å². The molecule has 3 heterocycles. The van der Waals surface area contributed by atoms with Crippen molar-refractivity contribution < 1.29 is 19.4 Å². The summed E-state index contributed by atoms with van der Waals surface area (Å²) >= 11 is 0. The fourth-order valence-corrected chi connectivity index (χ4v) is 7.25. The maximum Gasteiger partial charge on any atom is 0.255 e. The van der Waals surface area contributed by atoms with Crippen molar-refractivity contribution in [3.8, 4) is 11.9 Å². The van der Waals surface area contributed by atoms with Gasteiger partial charge in [0.1, 0.15) is 18.1 Å². The number of alkyl halides is 1. The van der Waals surface area contributed by atoms with E-state index in [-0.39, 0.29) is 23.5 Å². The Kier molecular flexibility index (Phi) is 6.01. The Labute approximate surface area is 230 Å². The molecule has 0 spiro atoms. The van der Waals surface area contributed by atoms with E-state index in [0.717, 1.165) is 32.1 Å². The predicted octanol–water partition coefficient (Wildman–Crippen LogP) is 2.60. The van der Waals surface area contributed by atoms with Crippen LogP contribution in [-0.4, -0.2) is 65.3 Å². The minimum absolute atomic E-state index is 0.0699. The highest BCUT2D eigenvalue weighted by atomic mass is 19.1. The Balaban J connectivity index is 1.38. The molecule has 4 fully saturated rings. The number of fused-ring (bicyclic) bond motifs is 1. The molecule has 0 saturated heterocycles. The van der Waals surface area contributed by atoms with E-state index < -0.39 is 28.8 Å². The van der Waals surface area contributed by atoms with E-state index >= 15 is 0 Å². The molecular formula is C28H33FN8O3. The van der Waals surface area contributed by atoms with Crippen LogP contribution < -0.4 is 16.4 Å². The number of nitrogens with two attached hydrogens (primary N) is 1. The van der Waals surface area contributed by atoms with Crippen LogP contribution >= 0.6 is 0 Å². The fraction of sp³-hybridized carbons (Fsp3) is 0.536. The Bertz CT molecular complexity index is 1530. The van der Waals surface area contributed by atoms with E-state index in [4.69, 9.17) is 5.73 Å². The first-order chi connectivity index (χ1) is 18.9. The monoisotopic (exact) mass is 548 g/mol. The molecule has 0 aromatic carbocycles. The van der Waals surface area contributed by atoms with Crippen LogP contribution in [0.1, 0.15) is 68.3 Å². The molecule has 3 aromatic heterocycles. The lowest BCUT2D eigenvalue weighted by Crippen LogP contribution is -2.62. The first-order valence-electron chi connectivity index (χ1n) is 13.6. The molecule has 6 N–H and O–H groups in total. The largest absolute Gasteiger partial charge is 0.390 e. The summed E-state index contributed by atoms with van der Waals surface area (Å²) in [5, 5.41) is 41.8. The second-order valence-electron chi connectivity index (χ2n) is 12.5. The number of aromatic nitrogens is 4. The molecule has 3 unspecified atom stereocenters. The van der Waals surface area contributed by atoms with Crippen LogP contribution in [0.15, 0.2) is 24.5 Å². The number of rotatable bonds is 7. The number of aliphatic hydroxyl groups is 2. The van der Waals surface area contributed by atoms with Gasteiger partial charge in [-0.15, -0.1) is 0 Å². The van der Waals surface area contributed by atoms with Gasteiger partial charge in [-0.3, -0.25) is 4.79 Å². The topological polar surface area (TPSA) is 175 Å². The Morgan fingerprint density at radius 3 is 2.67 bits per heavy atom. The summed E-state index contributed by atoms with van der Waals surface area (Å²) in [6.07, 6.45) is 6.35. The lowest BCUT2D eigenvalue weighted by atomic mass is 9.51. The highest BCUT2D eigenvalue weighted by Gasteiger charge is 2.57. The molecule has 0 aliphatic heterocycles. The summed E-state index contributed by atoms with van der Waals surface area (Å²) in [6.45, 7) is 2.33. The van der Waals surface area contributed by atoms with Crippen molar-refractivity contribution in [2.45, 2.75) is 75.3 Å². The third kappa shape index (κ3) is 4.63. The van der Waals surface area contributed by atoms with Gasteiger partial charge in [0.2, 0.25) is 0 Å². The minimum atomic E-state index is -1.66. The summed E-state index contributed by atoms with van der Waals surface area (Å²) in [7, 11) is 0. The molecule has 210 valence electrons. The zero-order valence-electron chi connectivity index (χ0n) is 22.5. The Morgan fingerprint density at radius 1 is 1.30 bits per heavy atom. The average Bonchev–Trinajstić information content (AvgIpc) is 3.26. The number of amides is 1. The number of halogens is 1. The lowest BCUT2D eigenvalue weighted by molar-refractivity contribution is -0.127. The molecule has 7 rings (SSSR count). The minimum Gasteiger partial charge on any atom is -0.390 e. The second kappa shape index (κ2) is 9.11. The van der Waals surface area contributed by atoms with Gasteiger partial charge >= 0.3 is 0 Å². The van der Waals surface area contributed by atoms with Gasteiger partial charge in [-0.1, -0.05) is 0 Å².